The molecule has 0 saturated heterocycles. The topological polar surface area (TPSA) is 62.1 Å². The first-order chi connectivity index (χ1) is 11.0. The molecule has 1 rings (SSSR count). The van der Waals surface area contributed by atoms with Gasteiger partial charge in [0.25, 0.3) is 5.91 Å². The quantitative estimate of drug-likeness (QED) is 0.365. The summed E-state index contributed by atoms with van der Waals surface area (Å²) in [5.74, 6) is 2.70. The Morgan fingerprint density at radius 3 is 2.83 bits per heavy atom. The molecule has 1 aromatic carbocycles. The third-order valence-corrected chi connectivity index (χ3v) is 2.86. The smallest absolute Gasteiger partial charge is 0.262 e. The second-order valence-electron chi connectivity index (χ2n) is 5.15. The maximum atomic E-state index is 11.9. The van der Waals surface area contributed by atoms with Crippen molar-refractivity contribution in [2.45, 2.75) is 26.3 Å². The van der Waals surface area contributed by atoms with Gasteiger partial charge in [-0.25, -0.2) is 0 Å². The summed E-state index contributed by atoms with van der Waals surface area (Å²) in [6, 6.07) is 7.30. The van der Waals surface area contributed by atoms with E-state index in [4.69, 9.17) is 11.2 Å². The number of benzene rings is 1. The standard InChI is InChI=1S/C19H20N2O2/c1-5-7-16-11-15(8-9-18(16)23-10-6-2)12-17(13-20)19(22)21-14(3)4/h2,5,8-9,11-12,14H,1,7,10H2,3-4H3,(H,21,22)/b17-12-. The van der Waals surface area contributed by atoms with Crippen LogP contribution in [0.3, 0.4) is 0 Å². The van der Waals surface area contributed by atoms with Gasteiger partial charge in [-0.2, -0.15) is 5.26 Å². The zero-order valence-electron chi connectivity index (χ0n) is 13.4. The van der Waals surface area contributed by atoms with Crippen LogP contribution in [0.1, 0.15) is 25.0 Å². The number of hydrogen-bond donors (Lipinski definition) is 1. The third kappa shape index (κ3) is 5.73. The highest BCUT2D eigenvalue weighted by atomic mass is 16.5. The highest BCUT2D eigenvalue weighted by Crippen LogP contribution is 2.22. The van der Waals surface area contributed by atoms with Crippen molar-refractivity contribution >= 4 is 12.0 Å². The number of rotatable bonds is 7. The fourth-order valence-corrected chi connectivity index (χ4v) is 1.92. The number of nitrogens with one attached hydrogen (secondary N) is 1. The Bertz CT molecular complexity index is 688. The molecule has 0 spiro atoms. The van der Waals surface area contributed by atoms with Crippen LogP contribution in [0.5, 0.6) is 5.75 Å². The molecule has 0 radical (unpaired) electrons. The zero-order valence-corrected chi connectivity index (χ0v) is 13.4. The van der Waals surface area contributed by atoms with Gasteiger partial charge in [0.05, 0.1) is 0 Å². The van der Waals surface area contributed by atoms with E-state index in [1.54, 1.807) is 24.3 Å². The molecule has 0 saturated carbocycles. The van der Waals surface area contributed by atoms with Crippen molar-refractivity contribution in [3.8, 4) is 24.2 Å². The van der Waals surface area contributed by atoms with Crippen LogP contribution in [-0.2, 0) is 11.2 Å². The second kappa shape index (κ2) is 9.12. The summed E-state index contributed by atoms with van der Waals surface area (Å²) in [5, 5.41) is 11.9. The molecule has 4 heteroatoms. The van der Waals surface area contributed by atoms with Crippen LogP contribution in [-0.4, -0.2) is 18.6 Å². The lowest BCUT2D eigenvalue weighted by Crippen LogP contribution is -2.30. The van der Waals surface area contributed by atoms with Gasteiger partial charge in [-0.05, 0) is 49.6 Å². The molecule has 1 aromatic rings. The van der Waals surface area contributed by atoms with E-state index in [2.05, 4.69) is 17.8 Å². The Morgan fingerprint density at radius 1 is 1.52 bits per heavy atom. The summed E-state index contributed by atoms with van der Waals surface area (Å²) in [6.07, 6.45) is 9.10. The lowest BCUT2D eigenvalue weighted by Gasteiger charge is -2.10. The van der Waals surface area contributed by atoms with E-state index in [1.165, 1.54) is 0 Å². The van der Waals surface area contributed by atoms with E-state index in [0.29, 0.717) is 12.2 Å². The van der Waals surface area contributed by atoms with Crippen molar-refractivity contribution in [2.24, 2.45) is 0 Å². The van der Waals surface area contributed by atoms with E-state index in [9.17, 15) is 10.1 Å². The van der Waals surface area contributed by atoms with Gasteiger partial charge >= 0.3 is 0 Å². The number of nitriles is 1. The molecule has 1 amide bonds. The first-order valence-corrected chi connectivity index (χ1v) is 7.24. The summed E-state index contributed by atoms with van der Waals surface area (Å²) in [7, 11) is 0. The lowest BCUT2D eigenvalue weighted by atomic mass is 10.0. The summed E-state index contributed by atoms with van der Waals surface area (Å²) >= 11 is 0. The molecule has 1 N–H and O–H groups in total. The van der Waals surface area contributed by atoms with Gasteiger partial charge in [0.1, 0.15) is 24.0 Å². The van der Waals surface area contributed by atoms with Crippen molar-refractivity contribution in [2.75, 3.05) is 6.61 Å². The van der Waals surface area contributed by atoms with Gasteiger partial charge in [0, 0.05) is 6.04 Å². The Labute approximate surface area is 137 Å². The normalized spacial score (nSPS) is 10.6. The first-order valence-electron chi connectivity index (χ1n) is 7.24. The Kier molecular flexibility index (Phi) is 7.17. The molecule has 0 heterocycles. The van der Waals surface area contributed by atoms with Crippen LogP contribution in [0.4, 0.5) is 0 Å². The number of ether oxygens (including phenoxy) is 1. The Hall–Kier alpha value is -2.98. The van der Waals surface area contributed by atoms with Crippen LogP contribution in [0.2, 0.25) is 0 Å². The average Bonchev–Trinajstić information content (AvgIpc) is 2.51. The van der Waals surface area contributed by atoms with Gasteiger partial charge in [-0.15, -0.1) is 13.0 Å². The molecule has 0 bridgehead atoms. The fourth-order valence-electron chi connectivity index (χ4n) is 1.92. The van der Waals surface area contributed by atoms with E-state index < -0.39 is 0 Å². The maximum absolute atomic E-state index is 11.9. The minimum atomic E-state index is -0.388. The Balaban J connectivity index is 3.12. The van der Waals surface area contributed by atoms with Crippen molar-refractivity contribution < 1.29 is 9.53 Å². The van der Waals surface area contributed by atoms with Crippen LogP contribution in [0.25, 0.3) is 6.08 Å². The third-order valence-electron chi connectivity index (χ3n) is 2.86. The number of carbonyl (C=O) groups excluding carboxylic acids is 1. The predicted molar refractivity (Wildman–Crippen MR) is 91.5 cm³/mol. The van der Waals surface area contributed by atoms with Gasteiger partial charge < -0.3 is 10.1 Å². The number of nitrogens with zero attached hydrogens (tertiary/aromatic N) is 1. The number of terminal acetylenes is 1. The molecule has 118 valence electrons. The fraction of sp³-hybridized carbons (Fsp3) is 0.263. The number of amides is 1. The molecule has 0 fully saturated rings. The molecule has 0 aliphatic heterocycles. The maximum Gasteiger partial charge on any atom is 0.262 e. The van der Waals surface area contributed by atoms with Gasteiger partial charge in [-0.1, -0.05) is 18.1 Å². The van der Waals surface area contributed by atoms with Gasteiger partial charge in [-0.3, -0.25) is 4.79 Å². The number of allylic oxidation sites excluding steroid dienone is 1. The summed E-state index contributed by atoms with van der Waals surface area (Å²) in [5.41, 5.74) is 1.69. The largest absolute Gasteiger partial charge is 0.481 e. The minimum Gasteiger partial charge on any atom is -0.481 e. The minimum absolute atomic E-state index is 0.0323. The van der Waals surface area contributed by atoms with Crippen molar-refractivity contribution in [3.63, 3.8) is 0 Å². The second-order valence-corrected chi connectivity index (χ2v) is 5.15. The summed E-state index contributed by atoms with van der Waals surface area (Å²) in [6.45, 7) is 7.58. The summed E-state index contributed by atoms with van der Waals surface area (Å²) < 4.78 is 5.48. The number of hydrogen-bond acceptors (Lipinski definition) is 3. The number of carbonyl (C=O) groups is 1. The van der Waals surface area contributed by atoms with Crippen LogP contribution >= 0.6 is 0 Å². The van der Waals surface area contributed by atoms with Gasteiger partial charge in [0.2, 0.25) is 0 Å². The summed E-state index contributed by atoms with van der Waals surface area (Å²) in [4.78, 5) is 11.9. The molecule has 4 nitrogen and oxygen atoms in total. The highest BCUT2D eigenvalue weighted by Gasteiger charge is 2.11. The molecular formula is C19H20N2O2. The highest BCUT2D eigenvalue weighted by molar-refractivity contribution is 6.01. The average molecular weight is 308 g/mol. The first kappa shape index (κ1) is 18.1. The van der Waals surface area contributed by atoms with Crippen molar-refractivity contribution in [1.29, 1.82) is 5.26 Å². The predicted octanol–water partition coefficient (Wildman–Crippen LogP) is 2.86. The van der Waals surface area contributed by atoms with Crippen LogP contribution in [0, 0.1) is 23.7 Å². The molecule has 0 aliphatic carbocycles. The van der Waals surface area contributed by atoms with Crippen LogP contribution < -0.4 is 10.1 Å². The van der Waals surface area contributed by atoms with Crippen LogP contribution in [0.15, 0.2) is 36.4 Å². The molecule has 0 atom stereocenters. The SMILES string of the molecule is C#CCOc1ccc(/C=C(/C#N)C(=O)NC(C)C)cc1CC=C. The monoisotopic (exact) mass is 308 g/mol. The van der Waals surface area contributed by atoms with E-state index in [1.807, 2.05) is 26.0 Å². The molecular weight excluding hydrogens is 288 g/mol. The van der Waals surface area contributed by atoms with Crippen molar-refractivity contribution in [1.82, 2.24) is 5.32 Å². The van der Waals surface area contributed by atoms with E-state index >= 15 is 0 Å². The molecule has 0 aliphatic rings. The van der Waals surface area contributed by atoms with E-state index in [0.717, 1.165) is 11.1 Å². The molecule has 0 aromatic heterocycles. The van der Waals surface area contributed by atoms with Gasteiger partial charge in [0.15, 0.2) is 0 Å². The van der Waals surface area contributed by atoms with Crippen molar-refractivity contribution in [3.05, 3.63) is 47.6 Å². The molecule has 23 heavy (non-hydrogen) atoms. The van der Waals surface area contributed by atoms with E-state index in [-0.39, 0.29) is 24.1 Å². The Morgan fingerprint density at radius 2 is 2.26 bits per heavy atom. The zero-order chi connectivity index (χ0) is 17.2. The lowest BCUT2D eigenvalue weighted by molar-refractivity contribution is -0.117. The molecule has 0 unspecified atom stereocenters.